The molecule has 7 heteroatoms. The number of para-hydroxylation sites is 1. The first kappa shape index (κ1) is 18.2. The standard InChI is InChI=1S/C21H23N3O4/c1-26-17-8-3-7-16(19(17)27-2)20-22-10-12-24(20)15-6-4-11-23(14-15)21(25)18-9-5-13-28-18/h3,5,7-10,12-13,15H,4,6,11,14H2,1-2H3/t15-/m0/s1. The predicted molar refractivity (Wildman–Crippen MR) is 104 cm³/mol. The maximum absolute atomic E-state index is 12.7. The SMILES string of the molecule is COc1cccc(-c2nccn2[C@H]2CCCN(C(=O)c3ccco3)C2)c1OC. The molecule has 1 fully saturated rings. The normalized spacial score (nSPS) is 16.8. The van der Waals surface area contributed by atoms with Crippen molar-refractivity contribution in [1.82, 2.24) is 14.5 Å². The fraction of sp³-hybridized carbons (Fsp3) is 0.333. The number of imidazole rings is 1. The third-order valence-corrected chi connectivity index (χ3v) is 5.12. The van der Waals surface area contributed by atoms with Crippen molar-refractivity contribution >= 4 is 5.91 Å². The molecule has 4 rings (SSSR count). The van der Waals surface area contributed by atoms with E-state index in [4.69, 9.17) is 13.9 Å². The van der Waals surface area contributed by atoms with Gasteiger partial charge in [0.1, 0.15) is 5.82 Å². The molecule has 28 heavy (non-hydrogen) atoms. The van der Waals surface area contributed by atoms with Crippen molar-refractivity contribution in [3.05, 3.63) is 54.7 Å². The summed E-state index contributed by atoms with van der Waals surface area (Å²) >= 11 is 0. The number of benzene rings is 1. The number of hydrogen-bond acceptors (Lipinski definition) is 5. The van der Waals surface area contributed by atoms with Crippen LogP contribution < -0.4 is 9.47 Å². The molecule has 0 aliphatic carbocycles. The first-order valence-electron chi connectivity index (χ1n) is 9.30. The highest BCUT2D eigenvalue weighted by Gasteiger charge is 2.28. The van der Waals surface area contributed by atoms with Gasteiger partial charge in [-0.3, -0.25) is 4.79 Å². The summed E-state index contributed by atoms with van der Waals surface area (Å²) in [7, 11) is 3.24. The summed E-state index contributed by atoms with van der Waals surface area (Å²) < 4.78 is 18.4. The van der Waals surface area contributed by atoms with Crippen LogP contribution in [0.4, 0.5) is 0 Å². The number of carbonyl (C=O) groups is 1. The van der Waals surface area contributed by atoms with Gasteiger partial charge in [0, 0.05) is 25.5 Å². The summed E-state index contributed by atoms with van der Waals surface area (Å²) in [6.07, 6.45) is 7.15. The Labute approximate surface area is 163 Å². The van der Waals surface area contributed by atoms with E-state index in [1.807, 2.05) is 29.3 Å². The van der Waals surface area contributed by atoms with Gasteiger partial charge in [-0.15, -0.1) is 0 Å². The predicted octanol–water partition coefficient (Wildman–Crippen LogP) is 3.64. The molecule has 7 nitrogen and oxygen atoms in total. The molecule has 0 N–H and O–H groups in total. The van der Waals surface area contributed by atoms with Gasteiger partial charge in [0.25, 0.3) is 5.91 Å². The molecule has 2 aromatic heterocycles. The van der Waals surface area contributed by atoms with E-state index in [1.165, 1.54) is 6.26 Å². The van der Waals surface area contributed by atoms with Gasteiger partial charge in [-0.2, -0.15) is 0 Å². The minimum Gasteiger partial charge on any atom is -0.493 e. The van der Waals surface area contributed by atoms with E-state index in [9.17, 15) is 4.79 Å². The van der Waals surface area contributed by atoms with Crippen molar-refractivity contribution in [2.75, 3.05) is 27.3 Å². The zero-order chi connectivity index (χ0) is 19.5. The second-order valence-electron chi connectivity index (χ2n) is 6.72. The number of carbonyl (C=O) groups excluding carboxylic acids is 1. The minimum absolute atomic E-state index is 0.0738. The molecule has 1 atom stereocenters. The molecular formula is C21H23N3O4. The molecular weight excluding hydrogens is 358 g/mol. The van der Waals surface area contributed by atoms with Crippen molar-refractivity contribution in [1.29, 1.82) is 0 Å². The summed E-state index contributed by atoms with van der Waals surface area (Å²) in [5.74, 6) is 2.41. The third kappa shape index (κ3) is 3.24. The second-order valence-corrected chi connectivity index (χ2v) is 6.72. The Balaban J connectivity index is 1.63. The number of amides is 1. The molecule has 146 valence electrons. The monoisotopic (exact) mass is 381 g/mol. The Kier molecular flexibility index (Phi) is 5.06. The van der Waals surface area contributed by atoms with Crippen LogP contribution in [0.3, 0.4) is 0 Å². The Morgan fingerprint density at radius 2 is 2.11 bits per heavy atom. The molecule has 0 saturated carbocycles. The van der Waals surface area contributed by atoms with Crippen LogP contribution in [0, 0.1) is 0 Å². The van der Waals surface area contributed by atoms with Crippen LogP contribution in [-0.4, -0.2) is 47.7 Å². The van der Waals surface area contributed by atoms with Crippen molar-refractivity contribution in [3.63, 3.8) is 0 Å². The lowest BCUT2D eigenvalue weighted by Gasteiger charge is -2.33. The van der Waals surface area contributed by atoms with Gasteiger partial charge in [-0.1, -0.05) is 6.07 Å². The van der Waals surface area contributed by atoms with Gasteiger partial charge in [0.05, 0.1) is 32.1 Å². The van der Waals surface area contributed by atoms with Crippen LogP contribution in [-0.2, 0) is 0 Å². The van der Waals surface area contributed by atoms with Gasteiger partial charge < -0.3 is 23.4 Å². The molecule has 0 radical (unpaired) electrons. The van der Waals surface area contributed by atoms with Crippen LogP contribution in [0.2, 0.25) is 0 Å². The van der Waals surface area contributed by atoms with E-state index in [-0.39, 0.29) is 11.9 Å². The quantitative estimate of drug-likeness (QED) is 0.675. The number of likely N-dealkylation sites (tertiary alicyclic amines) is 1. The zero-order valence-corrected chi connectivity index (χ0v) is 16.0. The van der Waals surface area contributed by atoms with Gasteiger partial charge in [-0.05, 0) is 37.1 Å². The van der Waals surface area contributed by atoms with Gasteiger partial charge in [0.15, 0.2) is 17.3 Å². The summed E-state index contributed by atoms with van der Waals surface area (Å²) in [6, 6.07) is 9.31. The summed E-state index contributed by atoms with van der Waals surface area (Å²) in [6.45, 7) is 1.33. The molecule has 0 bridgehead atoms. The molecule has 1 aliphatic rings. The van der Waals surface area contributed by atoms with Crippen LogP contribution in [0.15, 0.2) is 53.4 Å². The largest absolute Gasteiger partial charge is 0.493 e. The van der Waals surface area contributed by atoms with Gasteiger partial charge in [0.2, 0.25) is 0 Å². The maximum atomic E-state index is 12.7. The van der Waals surface area contributed by atoms with Gasteiger partial charge in [-0.25, -0.2) is 4.98 Å². The number of nitrogens with zero attached hydrogens (tertiary/aromatic N) is 3. The fourth-order valence-electron chi connectivity index (χ4n) is 3.80. The van der Waals surface area contributed by atoms with Crippen LogP contribution >= 0.6 is 0 Å². The molecule has 1 aliphatic heterocycles. The first-order chi connectivity index (χ1) is 13.7. The Hall–Kier alpha value is -3.22. The Morgan fingerprint density at radius 1 is 1.21 bits per heavy atom. The van der Waals surface area contributed by atoms with Crippen molar-refractivity contribution in [2.24, 2.45) is 0 Å². The maximum Gasteiger partial charge on any atom is 0.289 e. The number of hydrogen-bond donors (Lipinski definition) is 0. The zero-order valence-electron chi connectivity index (χ0n) is 16.0. The van der Waals surface area contributed by atoms with Crippen molar-refractivity contribution in [2.45, 2.75) is 18.9 Å². The number of aromatic nitrogens is 2. The number of piperidine rings is 1. The van der Waals surface area contributed by atoms with E-state index in [1.54, 1.807) is 32.5 Å². The number of methoxy groups -OCH3 is 2. The molecule has 1 saturated heterocycles. The molecule has 1 amide bonds. The van der Waals surface area contributed by atoms with E-state index >= 15 is 0 Å². The van der Waals surface area contributed by atoms with Gasteiger partial charge >= 0.3 is 0 Å². The summed E-state index contributed by atoms with van der Waals surface area (Å²) in [5.41, 5.74) is 0.862. The van der Waals surface area contributed by atoms with Crippen molar-refractivity contribution in [3.8, 4) is 22.9 Å². The molecule has 3 aromatic rings. The third-order valence-electron chi connectivity index (χ3n) is 5.12. The average molecular weight is 381 g/mol. The minimum atomic E-state index is -0.0738. The highest BCUT2D eigenvalue weighted by molar-refractivity contribution is 5.91. The highest BCUT2D eigenvalue weighted by Crippen LogP contribution is 2.38. The van der Waals surface area contributed by atoms with E-state index < -0.39 is 0 Å². The summed E-state index contributed by atoms with van der Waals surface area (Å²) in [5, 5.41) is 0. The average Bonchev–Trinajstić information content (AvgIpc) is 3.44. The fourth-order valence-corrected chi connectivity index (χ4v) is 3.80. The van der Waals surface area contributed by atoms with Crippen LogP contribution in [0.1, 0.15) is 29.4 Å². The van der Waals surface area contributed by atoms with Crippen LogP contribution in [0.25, 0.3) is 11.4 Å². The number of ether oxygens (including phenoxy) is 2. The highest BCUT2D eigenvalue weighted by atomic mass is 16.5. The summed E-state index contributed by atoms with van der Waals surface area (Å²) in [4.78, 5) is 19.1. The van der Waals surface area contributed by atoms with E-state index in [0.717, 1.165) is 30.8 Å². The van der Waals surface area contributed by atoms with E-state index in [2.05, 4.69) is 9.55 Å². The lowest BCUT2D eigenvalue weighted by Crippen LogP contribution is -2.40. The lowest BCUT2D eigenvalue weighted by molar-refractivity contribution is 0.0648. The number of furan rings is 1. The molecule has 3 heterocycles. The smallest absolute Gasteiger partial charge is 0.289 e. The Bertz CT molecular complexity index is 948. The Morgan fingerprint density at radius 3 is 2.86 bits per heavy atom. The van der Waals surface area contributed by atoms with Crippen molar-refractivity contribution < 1.29 is 18.7 Å². The molecule has 0 spiro atoms. The second kappa shape index (κ2) is 7.80. The lowest BCUT2D eigenvalue weighted by atomic mass is 10.0. The topological polar surface area (TPSA) is 69.7 Å². The molecule has 0 unspecified atom stereocenters. The number of rotatable bonds is 5. The molecule has 1 aromatic carbocycles. The first-order valence-corrected chi connectivity index (χ1v) is 9.30. The van der Waals surface area contributed by atoms with Crippen LogP contribution in [0.5, 0.6) is 11.5 Å². The van der Waals surface area contributed by atoms with E-state index in [0.29, 0.717) is 23.8 Å².